The molecule has 3 aromatic rings. The molecule has 4 nitrogen and oxygen atoms in total. The molecule has 0 fully saturated rings. The van der Waals surface area contributed by atoms with E-state index < -0.39 is 29.6 Å². The number of aromatic nitrogens is 1. The fraction of sp³-hybridized carbons (Fsp3) is 0.182. The fourth-order valence-corrected chi connectivity index (χ4v) is 3.60. The molecule has 0 spiro atoms. The van der Waals surface area contributed by atoms with Gasteiger partial charge in [-0.25, -0.2) is 9.18 Å². The van der Waals surface area contributed by atoms with E-state index in [0.717, 1.165) is 17.7 Å². The zero-order valence-corrected chi connectivity index (χ0v) is 15.7. The second kappa shape index (κ2) is 7.78. The molecular weight excluding hydrogens is 398 g/mol. The van der Waals surface area contributed by atoms with E-state index in [4.69, 9.17) is 0 Å². The number of fused-ring (bicyclic) bond motifs is 1. The molecule has 30 heavy (non-hydrogen) atoms. The van der Waals surface area contributed by atoms with Crippen molar-refractivity contribution in [3.8, 4) is 0 Å². The van der Waals surface area contributed by atoms with Crippen LogP contribution >= 0.6 is 0 Å². The predicted molar refractivity (Wildman–Crippen MR) is 103 cm³/mol. The van der Waals surface area contributed by atoms with E-state index in [2.05, 4.69) is 10.3 Å². The number of amides is 2. The summed E-state index contributed by atoms with van der Waals surface area (Å²) >= 11 is 0. The van der Waals surface area contributed by atoms with E-state index in [0.29, 0.717) is 24.2 Å². The third-order valence-corrected chi connectivity index (χ3v) is 5.01. The summed E-state index contributed by atoms with van der Waals surface area (Å²) in [5.74, 6) is -0.488. The highest BCUT2D eigenvalue weighted by Gasteiger charge is 2.35. The SMILES string of the molecule is O=C(Nc1cccc(F)c1)N1CCc2cccnc2C1c1ccc(C(F)(F)F)cc1. The summed E-state index contributed by atoms with van der Waals surface area (Å²) in [4.78, 5) is 18.9. The first kappa shape index (κ1) is 19.9. The van der Waals surface area contributed by atoms with E-state index >= 15 is 0 Å². The Balaban J connectivity index is 1.70. The van der Waals surface area contributed by atoms with Gasteiger partial charge in [0.1, 0.15) is 11.9 Å². The Hall–Kier alpha value is -3.42. The van der Waals surface area contributed by atoms with Gasteiger partial charge in [-0.05, 0) is 53.9 Å². The maximum atomic E-state index is 13.5. The molecule has 1 aliphatic heterocycles. The Morgan fingerprint density at radius 2 is 1.83 bits per heavy atom. The highest BCUT2D eigenvalue weighted by Crippen LogP contribution is 2.36. The molecule has 2 amide bonds. The average Bonchev–Trinajstić information content (AvgIpc) is 2.72. The lowest BCUT2D eigenvalue weighted by Crippen LogP contribution is -2.43. The highest BCUT2D eigenvalue weighted by atomic mass is 19.4. The molecule has 0 saturated carbocycles. The van der Waals surface area contributed by atoms with Crippen LogP contribution in [0.15, 0.2) is 66.9 Å². The number of nitrogens with one attached hydrogen (secondary N) is 1. The Labute approximate surface area is 170 Å². The van der Waals surface area contributed by atoms with Crippen LogP contribution in [0.25, 0.3) is 0 Å². The molecule has 0 aliphatic carbocycles. The third kappa shape index (κ3) is 3.98. The average molecular weight is 415 g/mol. The van der Waals surface area contributed by atoms with Crippen LogP contribution in [0.1, 0.15) is 28.4 Å². The van der Waals surface area contributed by atoms with Crippen LogP contribution in [0.5, 0.6) is 0 Å². The van der Waals surface area contributed by atoms with E-state index in [9.17, 15) is 22.4 Å². The van der Waals surface area contributed by atoms with Crippen LogP contribution in [0.3, 0.4) is 0 Å². The summed E-state index contributed by atoms with van der Waals surface area (Å²) in [5.41, 5.74) is 1.57. The molecule has 154 valence electrons. The van der Waals surface area contributed by atoms with E-state index in [1.165, 1.54) is 35.2 Å². The molecule has 1 N–H and O–H groups in total. The number of carbonyl (C=O) groups excluding carboxylic acids is 1. The molecule has 0 radical (unpaired) electrons. The number of carbonyl (C=O) groups is 1. The number of urea groups is 1. The maximum Gasteiger partial charge on any atom is 0.416 e. The zero-order valence-electron chi connectivity index (χ0n) is 15.7. The zero-order chi connectivity index (χ0) is 21.3. The standard InChI is InChI=1S/C22H17F4N3O/c23-17-4-1-5-18(13-17)28-21(30)29-12-10-14-3-2-11-27-19(14)20(29)15-6-8-16(9-7-15)22(24,25)26/h1-9,11,13,20H,10,12H2,(H,28,30). The van der Waals surface area contributed by atoms with Crippen LogP contribution in [0.4, 0.5) is 28.0 Å². The largest absolute Gasteiger partial charge is 0.416 e. The monoisotopic (exact) mass is 415 g/mol. The van der Waals surface area contributed by atoms with Gasteiger partial charge in [-0.1, -0.05) is 24.3 Å². The molecule has 2 aromatic carbocycles. The van der Waals surface area contributed by atoms with Gasteiger partial charge in [-0.3, -0.25) is 4.98 Å². The molecule has 1 aromatic heterocycles. The van der Waals surface area contributed by atoms with Gasteiger partial charge in [0.05, 0.1) is 11.3 Å². The molecular formula is C22H17F4N3O. The smallest absolute Gasteiger partial charge is 0.311 e. The molecule has 1 unspecified atom stereocenters. The van der Waals surface area contributed by atoms with Crippen LogP contribution < -0.4 is 5.32 Å². The topological polar surface area (TPSA) is 45.2 Å². The summed E-state index contributed by atoms with van der Waals surface area (Å²) in [6, 6.07) is 12.7. The predicted octanol–water partition coefficient (Wildman–Crippen LogP) is 5.42. The number of alkyl halides is 3. The van der Waals surface area contributed by atoms with Gasteiger partial charge in [0.15, 0.2) is 0 Å². The van der Waals surface area contributed by atoms with E-state index in [-0.39, 0.29) is 5.69 Å². The number of hydrogen-bond donors (Lipinski definition) is 1. The number of nitrogens with zero attached hydrogens (tertiary/aromatic N) is 2. The lowest BCUT2D eigenvalue weighted by molar-refractivity contribution is -0.137. The van der Waals surface area contributed by atoms with E-state index in [1.54, 1.807) is 18.3 Å². The minimum absolute atomic E-state index is 0.290. The first-order chi connectivity index (χ1) is 14.3. The summed E-state index contributed by atoms with van der Waals surface area (Å²) in [6.07, 6.45) is -2.31. The Bertz CT molecular complexity index is 1070. The second-order valence-corrected chi connectivity index (χ2v) is 6.95. The Morgan fingerprint density at radius 1 is 1.07 bits per heavy atom. The van der Waals surface area contributed by atoms with Crippen LogP contribution in [0.2, 0.25) is 0 Å². The van der Waals surface area contributed by atoms with Crippen molar-refractivity contribution in [1.29, 1.82) is 0 Å². The third-order valence-electron chi connectivity index (χ3n) is 5.01. The van der Waals surface area contributed by atoms with Crippen molar-refractivity contribution in [1.82, 2.24) is 9.88 Å². The molecule has 8 heteroatoms. The van der Waals surface area contributed by atoms with E-state index in [1.807, 2.05) is 6.07 Å². The van der Waals surface area contributed by atoms with Crippen molar-refractivity contribution in [3.63, 3.8) is 0 Å². The van der Waals surface area contributed by atoms with Crippen molar-refractivity contribution in [2.45, 2.75) is 18.6 Å². The number of rotatable bonds is 2. The number of benzene rings is 2. The van der Waals surface area contributed by atoms with Crippen molar-refractivity contribution >= 4 is 11.7 Å². The first-order valence-corrected chi connectivity index (χ1v) is 9.27. The number of anilines is 1. The van der Waals surface area contributed by atoms with Gasteiger partial charge >= 0.3 is 12.2 Å². The van der Waals surface area contributed by atoms with Crippen molar-refractivity contribution in [2.75, 3.05) is 11.9 Å². The summed E-state index contributed by atoms with van der Waals surface area (Å²) in [6.45, 7) is 0.339. The number of pyridine rings is 1. The summed E-state index contributed by atoms with van der Waals surface area (Å²) in [7, 11) is 0. The van der Waals surface area contributed by atoms with Gasteiger partial charge in [-0.2, -0.15) is 13.2 Å². The Morgan fingerprint density at radius 3 is 2.53 bits per heavy atom. The van der Waals surface area contributed by atoms with Gasteiger partial charge in [0, 0.05) is 18.4 Å². The number of halogens is 4. The van der Waals surface area contributed by atoms with Crippen LogP contribution in [0, 0.1) is 5.82 Å². The lowest BCUT2D eigenvalue weighted by atomic mass is 9.92. The highest BCUT2D eigenvalue weighted by molar-refractivity contribution is 5.90. The minimum Gasteiger partial charge on any atom is -0.311 e. The van der Waals surface area contributed by atoms with Gasteiger partial charge in [0.25, 0.3) is 0 Å². The van der Waals surface area contributed by atoms with Crippen LogP contribution in [-0.2, 0) is 12.6 Å². The molecule has 0 saturated heterocycles. The number of hydrogen-bond acceptors (Lipinski definition) is 2. The quantitative estimate of drug-likeness (QED) is 0.568. The second-order valence-electron chi connectivity index (χ2n) is 6.95. The van der Waals surface area contributed by atoms with Crippen molar-refractivity contribution in [2.24, 2.45) is 0 Å². The molecule has 1 aliphatic rings. The summed E-state index contributed by atoms with van der Waals surface area (Å²) in [5, 5.41) is 2.66. The Kier molecular flexibility index (Phi) is 5.15. The van der Waals surface area contributed by atoms with Gasteiger partial charge in [-0.15, -0.1) is 0 Å². The normalized spacial score (nSPS) is 16.1. The van der Waals surface area contributed by atoms with Crippen molar-refractivity contribution < 1.29 is 22.4 Å². The first-order valence-electron chi connectivity index (χ1n) is 9.27. The molecule has 0 bridgehead atoms. The van der Waals surface area contributed by atoms with Gasteiger partial charge in [0.2, 0.25) is 0 Å². The molecule has 4 rings (SSSR count). The van der Waals surface area contributed by atoms with Gasteiger partial charge < -0.3 is 10.2 Å². The maximum absolute atomic E-state index is 13.5. The van der Waals surface area contributed by atoms with Crippen molar-refractivity contribution in [3.05, 3.63) is 95.1 Å². The molecule has 2 heterocycles. The summed E-state index contributed by atoms with van der Waals surface area (Å²) < 4.78 is 52.4. The minimum atomic E-state index is -4.45. The lowest BCUT2D eigenvalue weighted by Gasteiger charge is -2.36. The molecule has 1 atom stereocenters. The fourth-order valence-electron chi connectivity index (χ4n) is 3.60. The van der Waals surface area contributed by atoms with Crippen LogP contribution in [-0.4, -0.2) is 22.5 Å².